The molecule has 0 aliphatic carbocycles. The SMILES string of the molecule is Cc1nnc(COC(=O)c2ccc3ncsc3c2)o1. The molecule has 0 radical (unpaired) electrons. The van der Waals surface area contributed by atoms with Crippen molar-refractivity contribution in [2.24, 2.45) is 0 Å². The van der Waals surface area contributed by atoms with Crippen molar-refractivity contribution in [3.63, 3.8) is 0 Å². The molecule has 0 saturated heterocycles. The van der Waals surface area contributed by atoms with Crippen molar-refractivity contribution >= 4 is 27.5 Å². The number of ether oxygens (including phenoxy) is 1. The highest BCUT2D eigenvalue weighted by atomic mass is 32.1. The lowest BCUT2D eigenvalue weighted by Gasteiger charge is -2.01. The van der Waals surface area contributed by atoms with Crippen LogP contribution in [0.1, 0.15) is 22.1 Å². The second-order valence-corrected chi connectivity index (χ2v) is 4.71. The van der Waals surface area contributed by atoms with Gasteiger partial charge < -0.3 is 9.15 Å². The lowest BCUT2D eigenvalue weighted by molar-refractivity contribution is 0.0437. The molecule has 0 aliphatic heterocycles. The summed E-state index contributed by atoms with van der Waals surface area (Å²) in [6, 6.07) is 5.23. The van der Waals surface area contributed by atoms with E-state index < -0.39 is 5.97 Å². The van der Waals surface area contributed by atoms with Gasteiger partial charge >= 0.3 is 5.97 Å². The molecule has 0 N–H and O–H groups in total. The van der Waals surface area contributed by atoms with Crippen LogP contribution >= 0.6 is 11.3 Å². The van der Waals surface area contributed by atoms with Gasteiger partial charge in [-0.25, -0.2) is 9.78 Å². The van der Waals surface area contributed by atoms with E-state index in [0.29, 0.717) is 11.5 Å². The number of aromatic nitrogens is 3. The van der Waals surface area contributed by atoms with Gasteiger partial charge in [0.15, 0.2) is 6.61 Å². The second kappa shape index (κ2) is 4.77. The van der Waals surface area contributed by atoms with Gasteiger partial charge in [-0.15, -0.1) is 21.5 Å². The molecule has 0 saturated carbocycles. The van der Waals surface area contributed by atoms with E-state index in [2.05, 4.69) is 15.2 Å². The molecule has 2 aromatic heterocycles. The molecule has 0 atom stereocenters. The number of aryl methyl sites for hydroxylation is 1. The Morgan fingerprint density at radius 2 is 2.32 bits per heavy atom. The molecule has 0 spiro atoms. The van der Waals surface area contributed by atoms with Crippen LogP contribution in [-0.2, 0) is 11.3 Å². The molecule has 0 amide bonds. The minimum atomic E-state index is -0.425. The zero-order valence-corrected chi connectivity index (χ0v) is 10.8. The van der Waals surface area contributed by atoms with Gasteiger partial charge in [0.25, 0.3) is 5.89 Å². The topological polar surface area (TPSA) is 78.1 Å². The van der Waals surface area contributed by atoms with E-state index in [1.54, 1.807) is 30.6 Å². The molecule has 0 aliphatic rings. The average Bonchev–Trinajstić information content (AvgIpc) is 3.03. The Morgan fingerprint density at radius 3 is 3.11 bits per heavy atom. The number of esters is 1. The molecule has 0 bridgehead atoms. The number of rotatable bonds is 3. The van der Waals surface area contributed by atoms with E-state index in [-0.39, 0.29) is 12.5 Å². The van der Waals surface area contributed by atoms with Gasteiger partial charge in [-0.3, -0.25) is 0 Å². The van der Waals surface area contributed by atoms with Gasteiger partial charge in [-0.05, 0) is 18.2 Å². The number of nitrogens with zero attached hydrogens (tertiary/aromatic N) is 3. The van der Waals surface area contributed by atoms with E-state index in [9.17, 15) is 4.79 Å². The highest BCUT2D eigenvalue weighted by molar-refractivity contribution is 7.16. The molecule has 2 heterocycles. The van der Waals surface area contributed by atoms with Crippen LogP contribution in [0.3, 0.4) is 0 Å². The third-order valence-electron chi connectivity index (χ3n) is 2.46. The first-order valence-corrected chi connectivity index (χ1v) is 6.40. The van der Waals surface area contributed by atoms with Crippen LogP contribution in [0.4, 0.5) is 0 Å². The van der Waals surface area contributed by atoms with Crippen molar-refractivity contribution in [1.29, 1.82) is 0 Å². The van der Waals surface area contributed by atoms with Gasteiger partial charge in [-0.2, -0.15) is 0 Å². The third-order valence-corrected chi connectivity index (χ3v) is 3.25. The maximum Gasteiger partial charge on any atom is 0.338 e. The van der Waals surface area contributed by atoms with Crippen LogP contribution in [0.5, 0.6) is 0 Å². The third kappa shape index (κ3) is 2.45. The summed E-state index contributed by atoms with van der Waals surface area (Å²) in [5.74, 6) is 0.299. The summed E-state index contributed by atoms with van der Waals surface area (Å²) < 4.78 is 11.2. The standard InChI is InChI=1S/C12H9N3O3S/c1-7-14-15-11(18-7)5-17-12(16)8-2-3-9-10(4-8)19-6-13-9/h2-4,6H,5H2,1H3. The molecule has 1 aromatic carbocycles. The predicted octanol–water partition coefficient (Wildman–Crippen LogP) is 2.34. The minimum absolute atomic E-state index is 0.0274. The van der Waals surface area contributed by atoms with Gasteiger partial charge in [0.2, 0.25) is 5.89 Å². The van der Waals surface area contributed by atoms with Crippen LogP contribution in [0.15, 0.2) is 28.1 Å². The summed E-state index contributed by atoms with van der Waals surface area (Å²) in [6.45, 7) is 1.65. The van der Waals surface area contributed by atoms with Crippen molar-refractivity contribution in [3.05, 3.63) is 41.1 Å². The number of hydrogen-bond donors (Lipinski definition) is 0. The summed E-state index contributed by atoms with van der Waals surface area (Å²) in [5.41, 5.74) is 3.09. The summed E-state index contributed by atoms with van der Waals surface area (Å²) in [7, 11) is 0. The van der Waals surface area contributed by atoms with Crippen molar-refractivity contribution in [2.45, 2.75) is 13.5 Å². The number of thiazole rings is 1. The first kappa shape index (κ1) is 11.8. The number of benzene rings is 1. The zero-order valence-electron chi connectivity index (χ0n) is 9.99. The maximum atomic E-state index is 11.9. The lowest BCUT2D eigenvalue weighted by Crippen LogP contribution is -2.05. The van der Waals surface area contributed by atoms with E-state index in [1.807, 2.05) is 0 Å². The Balaban J connectivity index is 1.72. The van der Waals surface area contributed by atoms with Gasteiger partial charge in [-0.1, -0.05) is 0 Å². The second-order valence-electron chi connectivity index (χ2n) is 3.83. The molecule has 19 heavy (non-hydrogen) atoms. The Morgan fingerprint density at radius 1 is 1.42 bits per heavy atom. The van der Waals surface area contributed by atoms with Crippen molar-refractivity contribution in [2.75, 3.05) is 0 Å². The first-order valence-electron chi connectivity index (χ1n) is 5.52. The normalized spacial score (nSPS) is 10.8. The summed E-state index contributed by atoms with van der Waals surface area (Å²) in [4.78, 5) is 16.0. The predicted molar refractivity (Wildman–Crippen MR) is 67.8 cm³/mol. The smallest absolute Gasteiger partial charge is 0.338 e. The molecule has 6 nitrogen and oxygen atoms in total. The van der Waals surface area contributed by atoms with E-state index in [4.69, 9.17) is 9.15 Å². The molecule has 96 valence electrons. The number of fused-ring (bicyclic) bond motifs is 1. The summed E-state index contributed by atoms with van der Waals surface area (Å²) in [6.07, 6.45) is 0. The minimum Gasteiger partial charge on any atom is -0.452 e. The molecule has 0 fully saturated rings. The molecule has 7 heteroatoms. The number of carbonyl (C=O) groups is 1. The molecule has 3 aromatic rings. The van der Waals surface area contributed by atoms with E-state index >= 15 is 0 Å². The number of carbonyl (C=O) groups excluding carboxylic acids is 1. The van der Waals surface area contributed by atoms with Crippen molar-refractivity contribution < 1.29 is 13.9 Å². The Kier molecular flexibility index (Phi) is 2.96. The Bertz CT molecular complexity index is 734. The molecular formula is C12H9N3O3S. The fraction of sp³-hybridized carbons (Fsp3) is 0.167. The van der Waals surface area contributed by atoms with E-state index in [0.717, 1.165) is 10.2 Å². The highest BCUT2D eigenvalue weighted by Gasteiger charge is 2.11. The fourth-order valence-corrected chi connectivity index (χ4v) is 2.30. The van der Waals surface area contributed by atoms with Crippen LogP contribution < -0.4 is 0 Å². The first-order chi connectivity index (χ1) is 9.22. The monoisotopic (exact) mass is 275 g/mol. The van der Waals surface area contributed by atoms with E-state index in [1.165, 1.54) is 11.3 Å². The molecule has 3 rings (SSSR count). The largest absolute Gasteiger partial charge is 0.452 e. The Labute approximate surface area is 112 Å². The van der Waals surface area contributed by atoms with Crippen LogP contribution in [0.2, 0.25) is 0 Å². The highest BCUT2D eigenvalue weighted by Crippen LogP contribution is 2.19. The van der Waals surface area contributed by atoms with Crippen LogP contribution in [0.25, 0.3) is 10.2 Å². The van der Waals surface area contributed by atoms with Crippen molar-refractivity contribution in [1.82, 2.24) is 15.2 Å². The molecule has 0 unspecified atom stereocenters. The quantitative estimate of drug-likeness (QED) is 0.683. The van der Waals surface area contributed by atoms with Gasteiger partial charge in [0.05, 0.1) is 21.3 Å². The Hall–Kier alpha value is -2.28. The van der Waals surface area contributed by atoms with Crippen LogP contribution in [-0.4, -0.2) is 21.2 Å². The summed E-state index contributed by atoms with van der Waals surface area (Å²) >= 11 is 1.48. The maximum absolute atomic E-state index is 11.9. The lowest BCUT2D eigenvalue weighted by atomic mass is 10.2. The van der Waals surface area contributed by atoms with Crippen LogP contribution in [0, 0.1) is 6.92 Å². The molecular weight excluding hydrogens is 266 g/mol. The fourth-order valence-electron chi connectivity index (χ4n) is 1.59. The average molecular weight is 275 g/mol. The van der Waals surface area contributed by atoms with Gasteiger partial charge in [0, 0.05) is 6.92 Å². The number of hydrogen-bond acceptors (Lipinski definition) is 7. The summed E-state index contributed by atoms with van der Waals surface area (Å²) in [5, 5.41) is 7.41. The zero-order chi connectivity index (χ0) is 13.2. The van der Waals surface area contributed by atoms with Gasteiger partial charge in [0.1, 0.15) is 0 Å². The van der Waals surface area contributed by atoms with Crippen molar-refractivity contribution in [3.8, 4) is 0 Å².